The Labute approximate surface area is 136 Å². The molecule has 0 atom stereocenters. The quantitative estimate of drug-likeness (QED) is 0.812. The smallest absolute Gasteiger partial charge is 0.399 e. The molecule has 5 heteroatoms. The van der Waals surface area contributed by atoms with Gasteiger partial charge in [0.2, 0.25) is 0 Å². The highest BCUT2D eigenvalue weighted by Crippen LogP contribution is 2.37. The summed E-state index contributed by atoms with van der Waals surface area (Å²) in [5, 5.41) is 1.37. The number of hydrogen-bond acceptors (Lipinski definition) is 3. The zero-order valence-electron chi connectivity index (χ0n) is 14.3. The molecule has 0 aliphatic carbocycles. The maximum absolute atomic E-state index is 14.7. The molecule has 0 unspecified atom stereocenters. The minimum absolute atomic E-state index is 0.211. The van der Waals surface area contributed by atoms with E-state index in [-0.39, 0.29) is 12.4 Å². The molecule has 0 spiro atoms. The third-order valence-corrected chi connectivity index (χ3v) is 4.89. The summed E-state index contributed by atoms with van der Waals surface area (Å²) < 4.78 is 32.1. The first-order valence-corrected chi connectivity index (χ1v) is 7.81. The molecule has 0 saturated carbocycles. The zero-order valence-corrected chi connectivity index (χ0v) is 14.3. The monoisotopic (exact) mass is 316 g/mol. The van der Waals surface area contributed by atoms with E-state index in [0.717, 1.165) is 10.8 Å². The molecule has 2 aromatic carbocycles. The van der Waals surface area contributed by atoms with Crippen molar-refractivity contribution in [2.24, 2.45) is 0 Å². The van der Waals surface area contributed by atoms with Gasteiger partial charge < -0.3 is 14.0 Å². The highest BCUT2D eigenvalue weighted by molar-refractivity contribution is 6.65. The van der Waals surface area contributed by atoms with Crippen LogP contribution in [0.25, 0.3) is 10.8 Å². The summed E-state index contributed by atoms with van der Waals surface area (Å²) in [5.74, 6) is -0.247. The predicted octanol–water partition coefficient (Wildman–Crippen LogP) is 3.42. The molecule has 0 amide bonds. The van der Waals surface area contributed by atoms with Gasteiger partial charge in [-0.1, -0.05) is 30.3 Å². The Morgan fingerprint density at radius 2 is 1.61 bits per heavy atom. The zero-order chi connectivity index (χ0) is 16.8. The molecule has 1 aliphatic heterocycles. The first kappa shape index (κ1) is 16.4. The van der Waals surface area contributed by atoms with Crippen molar-refractivity contribution < 1.29 is 18.4 Å². The van der Waals surface area contributed by atoms with Crippen molar-refractivity contribution >= 4 is 23.4 Å². The summed E-state index contributed by atoms with van der Waals surface area (Å²) in [5.41, 5.74) is 0.479. The van der Waals surface area contributed by atoms with Gasteiger partial charge in [0.15, 0.2) is 0 Å². The molecule has 0 radical (unpaired) electrons. The van der Waals surface area contributed by atoms with Crippen LogP contribution in [0.15, 0.2) is 30.3 Å². The third-order valence-electron chi connectivity index (χ3n) is 4.89. The molecule has 2 aromatic rings. The second kappa shape index (κ2) is 5.58. The number of benzene rings is 2. The van der Waals surface area contributed by atoms with Gasteiger partial charge in [0.25, 0.3) is 0 Å². The highest BCUT2D eigenvalue weighted by Gasteiger charge is 2.52. The molecular formula is C18H22BFO3. The molecule has 1 saturated heterocycles. The van der Waals surface area contributed by atoms with Crippen LogP contribution in [0.5, 0.6) is 0 Å². The minimum Gasteiger partial charge on any atom is -0.399 e. The number of methoxy groups -OCH3 is 1. The number of halogens is 1. The van der Waals surface area contributed by atoms with Crippen LogP contribution in [-0.4, -0.2) is 25.4 Å². The topological polar surface area (TPSA) is 27.7 Å². The lowest BCUT2D eigenvalue weighted by Gasteiger charge is -2.32. The lowest BCUT2D eigenvalue weighted by molar-refractivity contribution is 0.00578. The average molecular weight is 316 g/mol. The lowest BCUT2D eigenvalue weighted by atomic mass is 9.75. The van der Waals surface area contributed by atoms with Gasteiger partial charge in [-0.3, -0.25) is 0 Å². The van der Waals surface area contributed by atoms with Crippen molar-refractivity contribution in [1.29, 1.82) is 0 Å². The van der Waals surface area contributed by atoms with Crippen molar-refractivity contribution in [3.8, 4) is 0 Å². The second-order valence-electron chi connectivity index (χ2n) is 7.01. The van der Waals surface area contributed by atoms with Gasteiger partial charge in [-0.15, -0.1) is 0 Å². The van der Waals surface area contributed by atoms with Gasteiger partial charge in [-0.05, 0) is 38.5 Å². The Kier molecular flexibility index (Phi) is 3.99. The molecule has 0 aromatic heterocycles. The van der Waals surface area contributed by atoms with Crippen LogP contribution in [0.3, 0.4) is 0 Å². The summed E-state index contributed by atoms with van der Waals surface area (Å²) in [6.07, 6.45) is 0. The van der Waals surface area contributed by atoms with Crippen molar-refractivity contribution in [2.45, 2.75) is 45.5 Å². The maximum Gasteiger partial charge on any atom is 0.495 e. The van der Waals surface area contributed by atoms with Gasteiger partial charge in [-0.2, -0.15) is 0 Å². The third kappa shape index (κ3) is 2.67. The van der Waals surface area contributed by atoms with Crippen LogP contribution in [-0.2, 0) is 20.7 Å². The molecule has 0 N–H and O–H groups in total. The molecule has 3 rings (SSSR count). The van der Waals surface area contributed by atoms with Crippen LogP contribution in [0, 0.1) is 5.82 Å². The molecule has 1 aliphatic rings. The van der Waals surface area contributed by atoms with E-state index < -0.39 is 18.3 Å². The molecule has 23 heavy (non-hydrogen) atoms. The van der Waals surface area contributed by atoms with Gasteiger partial charge in [0, 0.05) is 18.1 Å². The Morgan fingerprint density at radius 1 is 1.04 bits per heavy atom. The van der Waals surface area contributed by atoms with E-state index in [4.69, 9.17) is 14.0 Å². The van der Waals surface area contributed by atoms with Crippen molar-refractivity contribution in [3.05, 3.63) is 41.7 Å². The van der Waals surface area contributed by atoms with Crippen LogP contribution >= 0.6 is 0 Å². The number of rotatable bonds is 3. The van der Waals surface area contributed by atoms with E-state index in [1.807, 2.05) is 45.9 Å². The van der Waals surface area contributed by atoms with E-state index in [1.165, 1.54) is 0 Å². The van der Waals surface area contributed by atoms with E-state index in [2.05, 4.69) is 0 Å². The second-order valence-corrected chi connectivity index (χ2v) is 7.01. The van der Waals surface area contributed by atoms with E-state index in [1.54, 1.807) is 19.2 Å². The number of hydrogen-bond donors (Lipinski definition) is 0. The van der Waals surface area contributed by atoms with Crippen molar-refractivity contribution in [1.82, 2.24) is 0 Å². The van der Waals surface area contributed by atoms with Crippen LogP contribution in [0.4, 0.5) is 4.39 Å². The standard InChI is InChI=1S/C18H22BFO3/c1-17(2)18(3,4)23-19(22-17)15-10-12(11-21-5)16(20)14-9-7-6-8-13(14)15/h6-10H,11H2,1-5H3. The molecule has 122 valence electrons. The summed E-state index contributed by atoms with van der Waals surface area (Å²) in [6.45, 7) is 8.25. The van der Waals surface area contributed by atoms with E-state index >= 15 is 0 Å². The summed E-state index contributed by atoms with van der Waals surface area (Å²) in [7, 11) is 1.03. The van der Waals surface area contributed by atoms with Crippen molar-refractivity contribution in [2.75, 3.05) is 7.11 Å². The van der Waals surface area contributed by atoms with Gasteiger partial charge in [0.1, 0.15) is 5.82 Å². The van der Waals surface area contributed by atoms with Gasteiger partial charge in [0.05, 0.1) is 17.8 Å². The Hall–Kier alpha value is -1.43. The van der Waals surface area contributed by atoms with Gasteiger partial charge >= 0.3 is 7.12 Å². The molecule has 0 bridgehead atoms. The normalized spacial score (nSPS) is 19.5. The fraction of sp³-hybridized carbons (Fsp3) is 0.444. The molecular weight excluding hydrogens is 294 g/mol. The lowest BCUT2D eigenvalue weighted by Crippen LogP contribution is -2.41. The van der Waals surface area contributed by atoms with Crippen LogP contribution < -0.4 is 5.46 Å². The summed E-state index contributed by atoms with van der Waals surface area (Å²) >= 11 is 0. The van der Waals surface area contributed by atoms with Gasteiger partial charge in [-0.25, -0.2) is 4.39 Å². The largest absolute Gasteiger partial charge is 0.495 e. The number of fused-ring (bicyclic) bond motifs is 1. The first-order valence-electron chi connectivity index (χ1n) is 7.81. The predicted molar refractivity (Wildman–Crippen MR) is 90.3 cm³/mol. The molecule has 1 heterocycles. The van der Waals surface area contributed by atoms with Crippen LogP contribution in [0.1, 0.15) is 33.3 Å². The minimum atomic E-state index is -0.527. The van der Waals surface area contributed by atoms with E-state index in [9.17, 15) is 4.39 Å². The fourth-order valence-electron chi connectivity index (χ4n) is 2.85. The van der Waals surface area contributed by atoms with E-state index in [0.29, 0.717) is 10.9 Å². The highest BCUT2D eigenvalue weighted by atomic mass is 19.1. The number of ether oxygens (including phenoxy) is 1. The average Bonchev–Trinajstić information content (AvgIpc) is 2.70. The first-order chi connectivity index (χ1) is 10.8. The fourth-order valence-corrected chi connectivity index (χ4v) is 2.85. The van der Waals surface area contributed by atoms with Crippen molar-refractivity contribution in [3.63, 3.8) is 0 Å². The Morgan fingerprint density at radius 3 is 2.17 bits per heavy atom. The Balaban J connectivity index is 2.16. The summed E-state index contributed by atoms with van der Waals surface area (Å²) in [6, 6.07) is 9.19. The summed E-state index contributed by atoms with van der Waals surface area (Å²) in [4.78, 5) is 0. The van der Waals surface area contributed by atoms with Crippen LogP contribution in [0.2, 0.25) is 0 Å². The Bertz CT molecular complexity index is 726. The SMILES string of the molecule is COCc1cc(B2OC(C)(C)C(C)(C)O2)c2ccccc2c1F. The maximum atomic E-state index is 14.7. The molecule has 3 nitrogen and oxygen atoms in total. The molecule has 1 fully saturated rings.